The van der Waals surface area contributed by atoms with Crippen LogP contribution in [0.3, 0.4) is 0 Å². The van der Waals surface area contributed by atoms with Gasteiger partial charge in [-0.2, -0.15) is 0 Å². The van der Waals surface area contributed by atoms with Crippen LogP contribution in [-0.4, -0.2) is 46.7 Å². The maximum atomic E-state index is 12.2. The molecule has 0 saturated heterocycles. The van der Waals surface area contributed by atoms with Crippen molar-refractivity contribution in [2.24, 2.45) is 0 Å². The van der Waals surface area contributed by atoms with Crippen molar-refractivity contribution in [3.05, 3.63) is 18.2 Å². The van der Waals surface area contributed by atoms with Crippen LogP contribution in [0.15, 0.2) is 23.4 Å². The molecular formula is C21H30N4O3S. The average molecular weight is 419 g/mol. The zero-order chi connectivity index (χ0) is 20.8. The number of rotatable bonds is 8. The van der Waals surface area contributed by atoms with Crippen molar-refractivity contribution in [1.29, 1.82) is 0 Å². The van der Waals surface area contributed by atoms with E-state index in [0.717, 1.165) is 29.4 Å². The molecule has 1 N–H and O–H groups in total. The number of ether oxygens (including phenoxy) is 2. The standard InChI is InChI=1S/C21H30N4O3S/c1-5-22-20(26)14(2)29-21-24-23-19(25(21)16-9-7-6-8-10-16)15-11-12-17(27-3)18(13-15)28-4/h11-14,16H,5-10H2,1-4H3,(H,22,26)/t14-/m1/s1. The number of benzene rings is 1. The summed E-state index contributed by atoms with van der Waals surface area (Å²) in [5.41, 5.74) is 0.929. The molecule has 0 radical (unpaired) electrons. The fourth-order valence-corrected chi connectivity index (χ4v) is 4.67. The molecule has 1 aromatic carbocycles. The van der Waals surface area contributed by atoms with E-state index in [1.54, 1.807) is 14.2 Å². The quantitative estimate of drug-likeness (QED) is 0.651. The highest BCUT2D eigenvalue weighted by molar-refractivity contribution is 8.00. The van der Waals surface area contributed by atoms with Crippen LogP contribution in [-0.2, 0) is 4.79 Å². The summed E-state index contributed by atoms with van der Waals surface area (Å²) in [6.45, 7) is 4.45. The number of hydrogen-bond donors (Lipinski definition) is 1. The second kappa shape index (κ2) is 10.0. The molecule has 0 unspecified atom stereocenters. The summed E-state index contributed by atoms with van der Waals surface area (Å²) in [6, 6.07) is 6.14. The van der Waals surface area contributed by atoms with Crippen LogP contribution in [0.4, 0.5) is 0 Å². The molecule has 2 aromatic rings. The summed E-state index contributed by atoms with van der Waals surface area (Å²) in [5.74, 6) is 2.17. The van der Waals surface area contributed by atoms with Crippen LogP contribution in [0.1, 0.15) is 52.0 Å². The van der Waals surface area contributed by atoms with Gasteiger partial charge in [-0.3, -0.25) is 9.36 Å². The normalized spacial score (nSPS) is 15.7. The van der Waals surface area contributed by atoms with E-state index in [-0.39, 0.29) is 11.2 Å². The van der Waals surface area contributed by atoms with E-state index in [4.69, 9.17) is 9.47 Å². The minimum Gasteiger partial charge on any atom is -0.493 e. The summed E-state index contributed by atoms with van der Waals surface area (Å²) >= 11 is 1.47. The van der Waals surface area contributed by atoms with Gasteiger partial charge in [0.2, 0.25) is 5.91 Å². The number of thioether (sulfide) groups is 1. The molecule has 29 heavy (non-hydrogen) atoms. The van der Waals surface area contributed by atoms with Gasteiger partial charge in [0.1, 0.15) is 0 Å². The first-order valence-electron chi connectivity index (χ1n) is 10.2. The number of carbonyl (C=O) groups is 1. The average Bonchev–Trinajstić information content (AvgIpc) is 3.17. The Morgan fingerprint density at radius 2 is 1.93 bits per heavy atom. The molecule has 1 aromatic heterocycles. The lowest BCUT2D eigenvalue weighted by molar-refractivity contribution is -0.120. The Morgan fingerprint density at radius 1 is 1.21 bits per heavy atom. The second-order valence-electron chi connectivity index (χ2n) is 7.19. The number of hydrogen-bond acceptors (Lipinski definition) is 6. The number of amides is 1. The first-order chi connectivity index (χ1) is 14.1. The highest BCUT2D eigenvalue weighted by Crippen LogP contribution is 2.38. The molecule has 0 aliphatic heterocycles. The Hall–Kier alpha value is -2.22. The highest BCUT2D eigenvalue weighted by Gasteiger charge is 2.26. The van der Waals surface area contributed by atoms with Crippen molar-refractivity contribution in [2.45, 2.75) is 62.4 Å². The maximum Gasteiger partial charge on any atom is 0.233 e. The summed E-state index contributed by atoms with van der Waals surface area (Å²) in [6.07, 6.45) is 5.86. The minimum absolute atomic E-state index is 0.0170. The third kappa shape index (κ3) is 4.86. The van der Waals surface area contributed by atoms with Crippen LogP contribution in [0.5, 0.6) is 11.5 Å². The van der Waals surface area contributed by atoms with Gasteiger partial charge in [-0.25, -0.2) is 0 Å². The number of nitrogens with zero attached hydrogens (tertiary/aromatic N) is 3. The third-order valence-electron chi connectivity index (χ3n) is 5.25. The van der Waals surface area contributed by atoms with Gasteiger partial charge in [-0.05, 0) is 44.9 Å². The van der Waals surface area contributed by atoms with E-state index in [0.29, 0.717) is 24.1 Å². The fourth-order valence-electron chi connectivity index (χ4n) is 3.73. The van der Waals surface area contributed by atoms with E-state index < -0.39 is 0 Å². The SMILES string of the molecule is CCNC(=O)[C@@H](C)Sc1nnc(-c2ccc(OC)c(OC)c2)n1C1CCCCC1. The molecule has 1 atom stereocenters. The molecule has 158 valence electrons. The summed E-state index contributed by atoms with van der Waals surface area (Å²) < 4.78 is 13.1. The van der Waals surface area contributed by atoms with Gasteiger partial charge in [0.25, 0.3) is 0 Å². The van der Waals surface area contributed by atoms with Gasteiger partial charge >= 0.3 is 0 Å². The molecule has 1 amide bonds. The van der Waals surface area contributed by atoms with Crippen molar-refractivity contribution >= 4 is 17.7 Å². The molecule has 1 fully saturated rings. The summed E-state index contributed by atoms with van der Waals surface area (Å²) in [5, 5.41) is 12.4. The first kappa shape index (κ1) is 21.5. The highest BCUT2D eigenvalue weighted by atomic mass is 32.2. The predicted octanol–water partition coefficient (Wildman–Crippen LogP) is 4.08. The van der Waals surface area contributed by atoms with Crippen molar-refractivity contribution in [2.75, 3.05) is 20.8 Å². The largest absolute Gasteiger partial charge is 0.493 e. The molecule has 1 heterocycles. The second-order valence-corrected chi connectivity index (χ2v) is 8.50. The lowest BCUT2D eigenvalue weighted by Crippen LogP contribution is -2.30. The van der Waals surface area contributed by atoms with Crippen LogP contribution >= 0.6 is 11.8 Å². The molecule has 1 saturated carbocycles. The first-order valence-corrected chi connectivity index (χ1v) is 11.1. The van der Waals surface area contributed by atoms with Gasteiger partial charge in [0.15, 0.2) is 22.5 Å². The molecular weight excluding hydrogens is 388 g/mol. The lowest BCUT2D eigenvalue weighted by atomic mass is 9.95. The lowest BCUT2D eigenvalue weighted by Gasteiger charge is -2.26. The Bertz CT molecular complexity index is 833. The number of methoxy groups -OCH3 is 2. The Balaban J connectivity index is 1.99. The maximum absolute atomic E-state index is 12.2. The smallest absolute Gasteiger partial charge is 0.233 e. The zero-order valence-electron chi connectivity index (χ0n) is 17.6. The Morgan fingerprint density at radius 3 is 2.59 bits per heavy atom. The molecule has 7 nitrogen and oxygen atoms in total. The number of aromatic nitrogens is 3. The van der Waals surface area contributed by atoms with Crippen molar-refractivity contribution in [1.82, 2.24) is 20.1 Å². The van der Waals surface area contributed by atoms with E-state index in [2.05, 4.69) is 20.1 Å². The van der Waals surface area contributed by atoms with E-state index in [1.807, 2.05) is 32.0 Å². The topological polar surface area (TPSA) is 78.3 Å². The Labute approximate surface area is 176 Å². The Kier molecular flexibility index (Phi) is 7.41. The fraction of sp³-hybridized carbons (Fsp3) is 0.571. The number of carbonyl (C=O) groups excluding carboxylic acids is 1. The number of nitrogens with one attached hydrogen (secondary N) is 1. The summed E-state index contributed by atoms with van der Waals surface area (Å²) in [7, 11) is 3.25. The predicted molar refractivity (Wildman–Crippen MR) is 115 cm³/mol. The van der Waals surface area contributed by atoms with Gasteiger partial charge in [-0.1, -0.05) is 31.0 Å². The van der Waals surface area contributed by atoms with Crippen LogP contribution in [0.2, 0.25) is 0 Å². The van der Waals surface area contributed by atoms with Crippen LogP contribution in [0, 0.1) is 0 Å². The monoisotopic (exact) mass is 418 g/mol. The zero-order valence-corrected chi connectivity index (χ0v) is 18.4. The van der Waals surface area contributed by atoms with E-state index in [1.165, 1.54) is 31.0 Å². The molecule has 1 aliphatic rings. The minimum atomic E-state index is -0.236. The van der Waals surface area contributed by atoms with Gasteiger partial charge in [0, 0.05) is 18.2 Å². The molecule has 0 spiro atoms. The molecule has 8 heteroatoms. The van der Waals surface area contributed by atoms with Crippen molar-refractivity contribution in [3.63, 3.8) is 0 Å². The van der Waals surface area contributed by atoms with E-state index >= 15 is 0 Å². The third-order valence-corrected chi connectivity index (χ3v) is 6.31. The van der Waals surface area contributed by atoms with Gasteiger partial charge in [0.05, 0.1) is 19.5 Å². The van der Waals surface area contributed by atoms with Gasteiger partial charge in [-0.15, -0.1) is 10.2 Å². The molecule has 1 aliphatic carbocycles. The van der Waals surface area contributed by atoms with Crippen LogP contribution < -0.4 is 14.8 Å². The van der Waals surface area contributed by atoms with Gasteiger partial charge < -0.3 is 14.8 Å². The van der Waals surface area contributed by atoms with Crippen molar-refractivity contribution in [3.8, 4) is 22.9 Å². The molecule has 3 rings (SSSR count). The molecule has 0 bridgehead atoms. The van der Waals surface area contributed by atoms with E-state index in [9.17, 15) is 4.79 Å². The van der Waals surface area contributed by atoms with Crippen molar-refractivity contribution < 1.29 is 14.3 Å². The summed E-state index contributed by atoms with van der Waals surface area (Å²) in [4.78, 5) is 12.2. The van der Waals surface area contributed by atoms with Crippen LogP contribution in [0.25, 0.3) is 11.4 Å².